The van der Waals surface area contributed by atoms with Gasteiger partial charge in [0.15, 0.2) is 0 Å². The number of carboxylic acids is 1. The normalized spacial score (nSPS) is 10.5. The second kappa shape index (κ2) is 5.33. The van der Waals surface area contributed by atoms with Gasteiger partial charge in [-0.15, -0.1) is 0 Å². The largest absolute Gasteiger partial charge is 0.478 e. The molecule has 0 radical (unpaired) electrons. The Hall–Kier alpha value is -1.36. The van der Waals surface area contributed by atoms with E-state index in [4.69, 9.17) is 39.9 Å². The fourth-order valence-electron chi connectivity index (χ4n) is 1.54. The first-order valence-corrected chi connectivity index (χ1v) is 6.07. The van der Waals surface area contributed by atoms with Crippen molar-refractivity contribution in [1.29, 1.82) is 0 Å². The van der Waals surface area contributed by atoms with E-state index in [-0.39, 0.29) is 26.7 Å². The maximum Gasteiger partial charge on any atom is 0.337 e. The van der Waals surface area contributed by atoms with Gasteiger partial charge in [-0.05, 0) is 18.2 Å². The van der Waals surface area contributed by atoms with Gasteiger partial charge in [-0.25, -0.2) is 9.78 Å². The molecule has 0 saturated heterocycles. The third-order valence-corrected chi connectivity index (χ3v) is 3.18. The molecular weight excluding hydrogens is 315 g/mol. The number of pyridine rings is 1. The summed E-state index contributed by atoms with van der Waals surface area (Å²) in [5.74, 6) is -2.09. The zero-order chi connectivity index (χ0) is 14.2. The lowest BCUT2D eigenvalue weighted by molar-refractivity contribution is 0.0696. The molecule has 0 bridgehead atoms. The van der Waals surface area contributed by atoms with Crippen LogP contribution in [0, 0.1) is 5.95 Å². The van der Waals surface area contributed by atoms with Crippen LogP contribution in [0.2, 0.25) is 15.1 Å². The number of carboxylic acid groups (broad SMARTS) is 1. The molecule has 0 spiro atoms. The predicted octanol–water partition coefficient (Wildman–Crippen LogP) is 4.55. The standard InChI is InChI=1S/C12H5Cl3FNO2/c13-6-2-8(14)10(9(15)3-6)7-1-5(12(18)19)4-17-11(7)16/h1-4H,(H,18,19). The summed E-state index contributed by atoms with van der Waals surface area (Å²) >= 11 is 17.7. The van der Waals surface area contributed by atoms with Gasteiger partial charge >= 0.3 is 5.97 Å². The molecule has 2 rings (SSSR count). The van der Waals surface area contributed by atoms with Crippen LogP contribution in [0.3, 0.4) is 0 Å². The van der Waals surface area contributed by atoms with Gasteiger partial charge < -0.3 is 5.11 Å². The highest BCUT2D eigenvalue weighted by atomic mass is 35.5. The van der Waals surface area contributed by atoms with Gasteiger partial charge in [-0.3, -0.25) is 0 Å². The first-order valence-electron chi connectivity index (χ1n) is 4.94. The predicted molar refractivity (Wildman–Crippen MR) is 71.6 cm³/mol. The molecule has 1 aromatic heterocycles. The maximum absolute atomic E-state index is 13.7. The molecule has 0 fully saturated rings. The number of nitrogens with zero attached hydrogens (tertiary/aromatic N) is 1. The van der Waals surface area contributed by atoms with E-state index in [1.165, 1.54) is 12.1 Å². The van der Waals surface area contributed by atoms with E-state index in [9.17, 15) is 9.18 Å². The van der Waals surface area contributed by atoms with E-state index < -0.39 is 11.9 Å². The lowest BCUT2D eigenvalue weighted by Gasteiger charge is -2.09. The highest BCUT2D eigenvalue weighted by Crippen LogP contribution is 2.38. The average molecular weight is 321 g/mol. The summed E-state index contributed by atoms with van der Waals surface area (Å²) < 4.78 is 13.7. The summed E-state index contributed by atoms with van der Waals surface area (Å²) in [6.45, 7) is 0. The minimum atomic E-state index is -1.23. The highest BCUT2D eigenvalue weighted by Gasteiger charge is 2.17. The average Bonchev–Trinajstić information content (AvgIpc) is 2.29. The molecule has 98 valence electrons. The number of rotatable bonds is 2. The van der Waals surface area contributed by atoms with Crippen molar-refractivity contribution in [1.82, 2.24) is 4.98 Å². The Morgan fingerprint density at radius 3 is 2.26 bits per heavy atom. The zero-order valence-electron chi connectivity index (χ0n) is 9.12. The lowest BCUT2D eigenvalue weighted by Crippen LogP contribution is -2.00. The van der Waals surface area contributed by atoms with Crippen molar-refractivity contribution in [3.63, 3.8) is 0 Å². The molecule has 1 N–H and O–H groups in total. The molecule has 0 atom stereocenters. The number of benzene rings is 1. The van der Waals surface area contributed by atoms with Gasteiger partial charge in [-0.2, -0.15) is 4.39 Å². The molecule has 0 saturated carbocycles. The van der Waals surface area contributed by atoms with E-state index in [2.05, 4.69) is 4.98 Å². The van der Waals surface area contributed by atoms with Crippen LogP contribution < -0.4 is 0 Å². The molecule has 0 aliphatic heterocycles. The third-order valence-electron chi connectivity index (χ3n) is 2.36. The van der Waals surface area contributed by atoms with Crippen molar-refractivity contribution in [3.05, 3.63) is 51.0 Å². The Balaban J connectivity index is 2.71. The van der Waals surface area contributed by atoms with Crippen LogP contribution in [-0.2, 0) is 0 Å². The molecule has 0 unspecified atom stereocenters. The SMILES string of the molecule is O=C(O)c1cnc(F)c(-c2c(Cl)cc(Cl)cc2Cl)c1. The monoisotopic (exact) mass is 319 g/mol. The van der Waals surface area contributed by atoms with Crippen LogP contribution in [-0.4, -0.2) is 16.1 Å². The molecule has 19 heavy (non-hydrogen) atoms. The first-order chi connectivity index (χ1) is 8.90. The number of hydrogen-bond acceptors (Lipinski definition) is 2. The van der Waals surface area contributed by atoms with Gasteiger partial charge in [0.05, 0.1) is 15.6 Å². The molecule has 0 amide bonds. The van der Waals surface area contributed by atoms with Crippen molar-refractivity contribution in [2.45, 2.75) is 0 Å². The second-order valence-corrected chi connectivity index (χ2v) is 4.86. The van der Waals surface area contributed by atoms with Crippen LogP contribution in [0.4, 0.5) is 4.39 Å². The fourth-order valence-corrected chi connectivity index (χ4v) is 2.56. The number of aromatic nitrogens is 1. The van der Waals surface area contributed by atoms with E-state index >= 15 is 0 Å². The van der Waals surface area contributed by atoms with E-state index in [0.29, 0.717) is 5.02 Å². The molecule has 3 nitrogen and oxygen atoms in total. The quantitative estimate of drug-likeness (QED) is 0.826. The van der Waals surface area contributed by atoms with Crippen LogP contribution >= 0.6 is 34.8 Å². The van der Waals surface area contributed by atoms with Gasteiger partial charge in [0.2, 0.25) is 5.95 Å². The van der Waals surface area contributed by atoms with Crippen molar-refractivity contribution in [2.75, 3.05) is 0 Å². The third kappa shape index (κ3) is 2.81. The Morgan fingerprint density at radius 1 is 1.16 bits per heavy atom. The van der Waals surface area contributed by atoms with E-state index in [0.717, 1.165) is 12.3 Å². The van der Waals surface area contributed by atoms with E-state index in [1.807, 2.05) is 0 Å². The first kappa shape index (κ1) is 14.1. The highest BCUT2D eigenvalue weighted by molar-refractivity contribution is 6.41. The van der Waals surface area contributed by atoms with Crippen molar-refractivity contribution < 1.29 is 14.3 Å². The fraction of sp³-hybridized carbons (Fsp3) is 0. The smallest absolute Gasteiger partial charge is 0.337 e. The summed E-state index contributed by atoms with van der Waals surface area (Å²) in [5.41, 5.74) is -0.106. The maximum atomic E-state index is 13.7. The van der Waals surface area contributed by atoms with Gasteiger partial charge in [0, 0.05) is 22.3 Å². The van der Waals surface area contributed by atoms with Crippen LogP contribution in [0.15, 0.2) is 24.4 Å². The van der Waals surface area contributed by atoms with Crippen LogP contribution in [0.5, 0.6) is 0 Å². The molecule has 0 aliphatic carbocycles. The summed E-state index contributed by atoms with van der Waals surface area (Å²) in [6, 6.07) is 3.89. The summed E-state index contributed by atoms with van der Waals surface area (Å²) in [5, 5.41) is 9.40. The zero-order valence-corrected chi connectivity index (χ0v) is 11.4. The number of halogens is 4. The van der Waals surface area contributed by atoms with Crippen molar-refractivity contribution in [2.24, 2.45) is 0 Å². The molecule has 2 aromatic rings. The number of aromatic carboxylic acids is 1. The summed E-state index contributed by atoms with van der Waals surface area (Å²) in [6.07, 6.45) is 0.916. The summed E-state index contributed by atoms with van der Waals surface area (Å²) in [4.78, 5) is 14.3. The van der Waals surface area contributed by atoms with E-state index in [1.54, 1.807) is 0 Å². The van der Waals surface area contributed by atoms with Crippen molar-refractivity contribution in [3.8, 4) is 11.1 Å². The molecular formula is C12H5Cl3FNO2. The topological polar surface area (TPSA) is 50.2 Å². The van der Waals surface area contributed by atoms with Gasteiger partial charge in [-0.1, -0.05) is 34.8 Å². The van der Waals surface area contributed by atoms with Gasteiger partial charge in [0.1, 0.15) is 0 Å². The lowest BCUT2D eigenvalue weighted by atomic mass is 10.1. The van der Waals surface area contributed by atoms with Crippen LogP contribution in [0.1, 0.15) is 10.4 Å². The molecule has 7 heteroatoms. The Morgan fingerprint density at radius 2 is 1.74 bits per heavy atom. The number of hydrogen-bond donors (Lipinski definition) is 1. The minimum absolute atomic E-state index is 0.0911. The van der Waals surface area contributed by atoms with Crippen molar-refractivity contribution >= 4 is 40.8 Å². The van der Waals surface area contributed by atoms with Gasteiger partial charge in [0.25, 0.3) is 0 Å². The minimum Gasteiger partial charge on any atom is -0.478 e. The Labute approximate surface area is 122 Å². The number of carbonyl (C=O) groups is 1. The summed E-state index contributed by atoms with van der Waals surface area (Å²) in [7, 11) is 0. The van der Waals surface area contributed by atoms with Crippen LogP contribution in [0.25, 0.3) is 11.1 Å². The Bertz CT molecular complexity index is 653. The second-order valence-electron chi connectivity index (χ2n) is 3.61. The Kier molecular flexibility index (Phi) is 3.94. The molecule has 1 aromatic carbocycles. The molecule has 1 heterocycles. The molecule has 0 aliphatic rings.